The Labute approximate surface area is 120 Å². The normalized spacial score (nSPS) is 15.5. The van der Waals surface area contributed by atoms with Crippen molar-refractivity contribution >= 4 is 22.8 Å². The Morgan fingerprint density at radius 2 is 1.95 bits per heavy atom. The number of hydrogen-bond acceptors (Lipinski definition) is 4. The second-order valence-electron chi connectivity index (χ2n) is 4.90. The molecule has 2 aromatic rings. The lowest BCUT2D eigenvalue weighted by molar-refractivity contribution is -0.161. The number of nitrogens with one attached hydrogen (secondary N) is 1. The number of hydrogen-bond donors (Lipinski definition) is 5. The summed E-state index contributed by atoms with van der Waals surface area (Å²) in [5.41, 5.74) is 4.08. The van der Waals surface area contributed by atoms with Crippen LogP contribution in [0.15, 0.2) is 30.5 Å². The monoisotopic (exact) mass is 292 g/mol. The number of benzene rings is 1. The molecule has 0 aliphatic rings. The molecule has 2 atom stereocenters. The van der Waals surface area contributed by atoms with E-state index in [1.54, 1.807) is 24.3 Å². The van der Waals surface area contributed by atoms with Gasteiger partial charge in [-0.2, -0.15) is 0 Å². The number of H-pyrrole nitrogens is 1. The molecule has 1 aromatic carbocycles. The standard InChI is InChI=1S/C14H16N2O5/c15-10(12(17)18)5-6-14(21,13(19)20)9-7-16-11-4-2-1-3-8(9)11/h1-4,7,10,16,21H,5-6,15H2,(H,17,18)(H,19,20)/t10-,14-/m1/s1. The predicted octanol–water partition coefficient (Wildman–Crippen LogP) is 0.632. The molecule has 1 aromatic heterocycles. The summed E-state index contributed by atoms with van der Waals surface area (Å²) >= 11 is 0. The molecular weight excluding hydrogens is 276 g/mol. The van der Waals surface area contributed by atoms with Gasteiger partial charge in [0, 0.05) is 22.7 Å². The molecule has 0 fully saturated rings. The number of carboxylic acids is 2. The smallest absolute Gasteiger partial charge is 0.340 e. The fourth-order valence-corrected chi connectivity index (χ4v) is 2.26. The van der Waals surface area contributed by atoms with Gasteiger partial charge in [0.05, 0.1) is 0 Å². The third kappa shape index (κ3) is 2.74. The molecule has 7 heteroatoms. The van der Waals surface area contributed by atoms with Crippen molar-refractivity contribution in [1.82, 2.24) is 4.98 Å². The van der Waals surface area contributed by atoms with Gasteiger partial charge in [0.15, 0.2) is 5.60 Å². The number of fused-ring (bicyclic) bond motifs is 1. The summed E-state index contributed by atoms with van der Waals surface area (Å²) in [5, 5.41) is 29.2. The molecule has 0 unspecified atom stereocenters. The molecule has 0 aliphatic carbocycles. The summed E-state index contributed by atoms with van der Waals surface area (Å²) in [4.78, 5) is 25.1. The van der Waals surface area contributed by atoms with Gasteiger partial charge in [-0.25, -0.2) is 4.79 Å². The van der Waals surface area contributed by atoms with E-state index in [2.05, 4.69) is 4.98 Å². The van der Waals surface area contributed by atoms with Gasteiger partial charge < -0.3 is 26.0 Å². The Kier molecular flexibility index (Phi) is 3.97. The zero-order chi connectivity index (χ0) is 15.6. The number of para-hydroxylation sites is 1. The molecule has 7 nitrogen and oxygen atoms in total. The number of aromatic nitrogens is 1. The maximum absolute atomic E-state index is 11.5. The Bertz CT molecular complexity index is 681. The van der Waals surface area contributed by atoms with E-state index in [1.165, 1.54) is 6.20 Å². The van der Waals surface area contributed by atoms with Gasteiger partial charge >= 0.3 is 11.9 Å². The van der Waals surface area contributed by atoms with Crippen LogP contribution in [0.25, 0.3) is 10.9 Å². The molecule has 6 N–H and O–H groups in total. The van der Waals surface area contributed by atoms with Crippen LogP contribution in [0.3, 0.4) is 0 Å². The molecular formula is C14H16N2O5. The molecule has 2 rings (SSSR count). The van der Waals surface area contributed by atoms with Crippen LogP contribution in [0.5, 0.6) is 0 Å². The van der Waals surface area contributed by atoms with E-state index in [-0.39, 0.29) is 18.4 Å². The average molecular weight is 292 g/mol. The molecule has 21 heavy (non-hydrogen) atoms. The van der Waals surface area contributed by atoms with Crippen LogP contribution in [0.1, 0.15) is 18.4 Å². The molecule has 112 valence electrons. The Balaban J connectivity index is 2.38. The van der Waals surface area contributed by atoms with E-state index in [1.807, 2.05) is 0 Å². The largest absolute Gasteiger partial charge is 0.480 e. The first-order valence-electron chi connectivity index (χ1n) is 6.37. The Morgan fingerprint density at radius 3 is 2.57 bits per heavy atom. The van der Waals surface area contributed by atoms with Crippen LogP contribution in [0.4, 0.5) is 0 Å². The fourth-order valence-electron chi connectivity index (χ4n) is 2.26. The maximum Gasteiger partial charge on any atom is 0.340 e. The Hall–Kier alpha value is -2.38. The van der Waals surface area contributed by atoms with Gasteiger partial charge in [0.2, 0.25) is 0 Å². The van der Waals surface area contributed by atoms with E-state index in [0.717, 1.165) is 0 Å². The summed E-state index contributed by atoms with van der Waals surface area (Å²) < 4.78 is 0. The minimum atomic E-state index is -2.19. The van der Waals surface area contributed by atoms with Crippen LogP contribution < -0.4 is 5.73 Å². The molecule has 0 saturated heterocycles. The van der Waals surface area contributed by atoms with Gasteiger partial charge in [-0.3, -0.25) is 4.79 Å². The molecule has 0 bridgehead atoms. The second kappa shape index (κ2) is 5.55. The number of carboxylic acid groups (broad SMARTS) is 2. The van der Waals surface area contributed by atoms with Gasteiger partial charge in [0.25, 0.3) is 0 Å². The van der Waals surface area contributed by atoms with Crippen LogP contribution in [-0.2, 0) is 15.2 Å². The molecule has 0 amide bonds. The van der Waals surface area contributed by atoms with Crippen LogP contribution in [-0.4, -0.2) is 38.3 Å². The molecule has 0 spiro atoms. The summed E-state index contributed by atoms with van der Waals surface area (Å²) in [6, 6.07) is 5.73. The van der Waals surface area contributed by atoms with E-state index in [0.29, 0.717) is 10.9 Å². The first-order chi connectivity index (χ1) is 9.86. The SMILES string of the molecule is N[C@H](CC[C@](O)(C(=O)O)c1c[nH]c2ccccc12)C(=O)O. The van der Waals surface area contributed by atoms with Gasteiger partial charge in [-0.15, -0.1) is 0 Å². The van der Waals surface area contributed by atoms with Crippen molar-refractivity contribution in [2.75, 3.05) is 0 Å². The van der Waals surface area contributed by atoms with Crippen molar-refractivity contribution in [3.05, 3.63) is 36.0 Å². The zero-order valence-corrected chi connectivity index (χ0v) is 11.1. The topological polar surface area (TPSA) is 137 Å². The number of aliphatic carboxylic acids is 2. The quantitative estimate of drug-likeness (QED) is 0.529. The zero-order valence-electron chi connectivity index (χ0n) is 11.1. The van der Waals surface area contributed by atoms with Crippen molar-refractivity contribution in [2.24, 2.45) is 5.73 Å². The molecule has 1 heterocycles. The second-order valence-corrected chi connectivity index (χ2v) is 4.90. The fraction of sp³-hybridized carbons (Fsp3) is 0.286. The van der Waals surface area contributed by atoms with E-state index in [4.69, 9.17) is 10.8 Å². The number of carbonyl (C=O) groups is 2. The van der Waals surface area contributed by atoms with E-state index in [9.17, 15) is 19.8 Å². The molecule has 0 saturated carbocycles. The maximum atomic E-state index is 11.5. The third-order valence-electron chi connectivity index (χ3n) is 3.52. The minimum Gasteiger partial charge on any atom is -0.480 e. The average Bonchev–Trinajstić information content (AvgIpc) is 2.88. The summed E-state index contributed by atoms with van der Waals surface area (Å²) in [5.74, 6) is -2.67. The van der Waals surface area contributed by atoms with Crippen molar-refractivity contribution in [3.63, 3.8) is 0 Å². The van der Waals surface area contributed by atoms with Crippen LogP contribution >= 0.6 is 0 Å². The number of aliphatic hydroxyl groups is 1. The first-order valence-corrected chi connectivity index (χ1v) is 6.37. The van der Waals surface area contributed by atoms with Crippen molar-refractivity contribution < 1.29 is 24.9 Å². The molecule has 0 aliphatic heterocycles. The van der Waals surface area contributed by atoms with Gasteiger partial charge in [-0.1, -0.05) is 18.2 Å². The minimum absolute atomic E-state index is 0.155. The Morgan fingerprint density at radius 1 is 1.29 bits per heavy atom. The highest BCUT2D eigenvalue weighted by molar-refractivity contribution is 5.90. The van der Waals surface area contributed by atoms with Crippen molar-refractivity contribution in [1.29, 1.82) is 0 Å². The highest BCUT2D eigenvalue weighted by Gasteiger charge is 2.40. The summed E-state index contributed by atoms with van der Waals surface area (Å²) in [6.07, 6.45) is 0.973. The van der Waals surface area contributed by atoms with Gasteiger partial charge in [0.1, 0.15) is 6.04 Å². The van der Waals surface area contributed by atoms with Crippen molar-refractivity contribution in [3.8, 4) is 0 Å². The van der Waals surface area contributed by atoms with Crippen molar-refractivity contribution in [2.45, 2.75) is 24.5 Å². The summed E-state index contributed by atoms with van der Waals surface area (Å²) in [6.45, 7) is 0. The van der Waals surface area contributed by atoms with E-state index < -0.39 is 23.6 Å². The first kappa shape index (κ1) is 15.0. The highest BCUT2D eigenvalue weighted by Crippen LogP contribution is 2.33. The van der Waals surface area contributed by atoms with E-state index >= 15 is 0 Å². The molecule has 0 radical (unpaired) electrons. The van der Waals surface area contributed by atoms with Crippen LogP contribution in [0.2, 0.25) is 0 Å². The lowest BCUT2D eigenvalue weighted by Gasteiger charge is -2.24. The third-order valence-corrected chi connectivity index (χ3v) is 3.52. The van der Waals surface area contributed by atoms with Crippen LogP contribution in [0, 0.1) is 0 Å². The predicted molar refractivity (Wildman–Crippen MR) is 74.7 cm³/mol. The van der Waals surface area contributed by atoms with Gasteiger partial charge in [-0.05, 0) is 18.9 Å². The highest BCUT2D eigenvalue weighted by atomic mass is 16.4. The number of aromatic amines is 1. The lowest BCUT2D eigenvalue weighted by Crippen LogP contribution is -2.39. The number of rotatable bonds is 6. The number of nitrogens with two attached hydrogens (primary N) is 1. The summed E-state index contributed by atoms with van der Waals surface area (Å²) in [7, 11) is 0. The lowest BCUT2D eigenvalue weighted by atomic mass is 9.87.